The predicted octanol–water partition coefficient (Wildman–Crippen LogP) is 1.96. The predicted molar refractivity (Wildman–Crippen MR) is 47.3 cm³/mol. The van der Waals surface area contributed by atoms with Crippen LogP contribution in [0, 0.1) is 20.2 Å². The Kier molecular flexibility index (Phi) is 8.96. The maximum atomic E-state index is 10.2. The Balaban J connectivity index is -0.000000480. The van der Waals surface area contributed by atoms with E-state index in [1.165, 1.54) is 12.1 Å². The van der Waals surface area contributed by atoms with Gasteiger partial charge in [0.25, 0.3) is 0 Å². The van der Waals surface area contributed by atoms with E-state index in [0.717, 1.165) is 12.1 Å². The molecular formula is C6H7F3N2O4. The first kappa shape index (κ1) is 18.6. The third kappa shape index (κ3) is 4.02. The van der Waals surface area contributed by atoms with E-state index >= 15 is 0 Å². The summed E-state index contributed by atoms with van der Waals surface area (Å²) in [5.74, 6) is 0. The van der Waals surface area contributed by atoms with Crippen LogP contribution in [0.1, 0.15) is 0 Å². The van der Waals surface area contributed by atoms with Crippen molar-refractivity contribution >= 4 is 11.4 Å². The van der Waals surface area contributed by atoms with Gasteiger partial charge in [-0.15, -0.1) is 0 Å². The first-order chi connectivity index (χ1) is 5.63. The monoisotopic (exact) mass is 228 g/mol. The van der Waals surface area contributed by atoms with Gasteiger partial charge in [0.2, 0.25) is 0 Å². The minimum Gasteiger partial charge on any atom is -0.269 e. The van der Waals surface area contributed by atoms with Crippen LogP contribution in [-0.4, -0.2) is 9.85 Å². The van der Waals surface area contributed by atoms with E-state index in [2.05, 4.69) is 0 Å². The van der Waals surface area contributed by atoms with E-state index in [1.54, 1.807) is 0 Å². The lowest BCUT2D eigenvalue weighted by Crippen LogP contribution is -1.95. The molecule has 15 heavy (non-hydrogen) atoms. The SMILES string of the molecule is F.F.F.O=[N+]([O-])c1ccccc1[N+](=O)[O-]. The average molecular weight is 228 g/mol. The molecule has 0 saturated heterocycles. The van der Waals surface area contributed by atoms with Crippen molar-refractivity contribution in [2.75, 3.05) is 0 Å². The molecule has 9 heteroatoms. The normalized spacial score (nSPS) is 7.47. The zero-order valence-corrected chi connectivity index (χ0v) is 7.06. The van der Waals surface area contributed by atoms with Gasteiger partial charge in [0.15, 0.2) is 0 Å². The van der Waals surface area contributed by atoms with Crippen molar-refractivity contribution in [1.29, 1.82) is 0 Å². The number of benzene rings is 1. The van der Waals surface area contributed by atoms with Crippen LogP contribution in [0.25, 0.3) is 0 Å². The zero-order valence-electron chi connectivity index (χ0n) is 7.06. The molecule has 0 N–H and O–H groups in total. The van der Waals surface area contributed by atoms with Crippen LogP contribution in [0.5, 0.6) is 0 Å². The summed E-state index contributed by atoms with van der Waals surface area (Å²) < 4.78 is 0. The summed E-state index contributed by atoms with van der Waals surface area (Å²) in [5, 5.41) is 20.5. The Hall–Kier alpha value is -2.19. The van der Waals surface area contributed by atoms with Crippen LogP contribution >= 0.6 is 0 Å². The molecule has 0 spiro atoms. The summed E-state index contributed by atoms with van der Waals surface area (Å²) in [7, 11) is 0. The van der Waals surface area contributed by atoms with Crippen molar-refractivity contribution in [2.24, 2.45) is 0 Å². The van der Waals surface area contributed by atoms with Gasteiger partial charge in [0.1, 0.15) is 0 Å². The largest absolute Gasteiger partial charge is 0.346 e. The molecule has 0 heterocycles. The lowest BCUT2D eigenvalue weighted by molar-refractivity contribution is -0.422. The Morgan fingerprint density at radius 2 is 1.07 bits per heavy atom. The first-order valence-corrected chi connectivity index (χ1v) is 3.00. The number of rotatable bonds is 2. The fraction of sp³-hybridized carbons (Fsp3) is 0. The van der Waals surface area contributed by atoms with Crippen molar-refractivity contribution in [1.82, 2.24) is 0 Å². The highest BCUT2D eigenvalue weighted by atomic mass is 19.0. The summed E-state index contributed by atoms with van der Waals surface area (Å²) >= 11 is 0. The van der Waals surface area contributed by atoms with Crippen LogP contribution < -0.4 is 0 Å². The van der Waals surface area contributed by atoms with E-state index in [0.29, 0.717) is 0 Å². The molecule has 0 fully saturated rings. The fourth-order valence-electron chi connectivity index (χ4n) is 0.773. The number of para-hydroxylation sites is 2. The third-order valence-corrected chi connectivity index (χ3v) is 1.28. The van der Waals surface area contributed by atoms with E-state index in [1.807, 2.05) is 0 Å². The average Bonchev–Trinajstić information content (AvgIpc) is 2.04. The maximum Gasteiger partial charge on any atom is 0.346 e. The summed E-state index contributed by atoms with van der Waals surface area (Å²) in [4.78, 5) is 18.9. The topological polar surface area (TPSA) is 86.3 Å². The molecule has 0 aliphatic carbocycles. The van der Waals surface area contributed by atoms with Crippen LogP contribution in [0.3, 0.4) is 0 Å². The molecular weight excluding hydrogens is 221 g/mol. The minimum atomic E-state index is -0.780. The smallest absolute Gasteiger partial charge is 0.269 e. The second-order valence-corrected chi connectivity index (χ2v) is 2.00. The minimum absolute atomic E-state index is 0. The highest BCUT2D eigenvalue weighted by Gasteiger charge is 2.21. The highest BCUT2D eigenvalue weighted by Crippen LogP contribution is 2.24. The Morgan fingerprint density at radius 3 is 1.27 bits per heavy atom. The van der Waals surface area contributed by atoms with Crippen molar-refractivity contribution in [3.05, 3.63) is 44.5 Å². The summed E-state index contributed by atoms with van der Waals surface area (Å²) in [6, 6.07) is 4.95. The number of nitrogens with zero attached hydrogens (tertiary/aromatic N) is 2. The molecule has 0 bridgehead atoms. The molecule has 6 nitrogen and oxygen atoms in total. The molecule has 86 valence electrons. The van der Waals surface area contributed by atoms with E-state index in [-0.39, 0.29) is 14.1 Å². The summed E-state index contributed by atoms with van der Waals surface area (Å²) in [6.07, 6.45) is 0. The maximum absolute atomic E-state index is 10.2. The highest BCUT2D eigenvalue weighted by molar-refractivity contribution is 5.51. The van der Waals surface area contributed by atoms with Crippen LogP contribution in [0.2, 0.25) is 0 Å². The lowest BCUT2D eigenvalue weighted by atomic mass is 10.3. The lowest BCUT2D eigenvalue weighted by Gasteiger charge is -1.91. The number of nitro groups is 2. The van der Waals surface area contributed by atoms with Gasteiger partial charge < -0.3 is 0 Å². The Morgan fingerprint density at radius 1 is 0.800 bits per heavy atom. The number of hydrogen-bond acceptors (Lipinski definition) is 4. The molecule has 1 aromatic rings. The second-order valence-electron chi connectivity index (χ2n) is 2.00. The second kappa shape index (κ2) is 7.24. The van der Waals surface area contributed by atoms with E-state index in [9.17, 15) is 20.2 Å². The molecule has 0 aliphatic heterocycles. The van der Waals surface area contributed by atoms with Gasteiger partial charge in [-0.1, -0.05) is 12.1 Å². The van der Waals surface area contributed by atoms with Crippen LogP contribution in [-0.2, 0) is 0 Å². The van der Waals surface area contributed by atoms with Gasteiger partial charge in [0, 0.05) is 12.1 Å². The van der Waals surface area contributed by atoms with Crippen LogP contribution in [0.15, 0.2) is 24.3 Å². The van der Waals surface area contributed by atoms with Gasteiger partial charge in [-0.05, 0) is 0 Å². The fourth-order valence-corrected chi connectivity index (χ4v) is 0.773. The van der Waals surface area contributed by atoms with Crippen molar-refractivity contribution in [3.63, 3.8) is 0 Å². The summed E-state index contributed by atoms with van der Waals surface area (Å²) in [5.41, 5.74) is -0.968. The van der Waals surface area contributed by atoms with Gasteiger partial charge in [-0.3, -0.25) is 34.3 Å². The standard InChI is InChI=1S/C6H4N2O4.3FH/c9-7(10)5-3-1-2-4-6(5)8(11)12;;;/h1-4H;3*1H. The molecule has 0 aromatic heterocycles. The van der Waals surface area contributed by atoms with Crippen molar-refractivity contribution < 1.29 is 24.0 Å². The van der Waals surface area contributed by atoms with Gasteiger partial charge >= 0.3 is 11.4 Å². The molecule has 0 aliphatic rings. The number of halogens is 3. The first-order valence-electron chi connectivity index (χ1n) is 3.00. The molecule has 0 amide bonds. The molecule has 0 saturated carbocycles. The van der Waals surface area contributed by atoms with E-state index in [4.69, 9.17) is 0 Å². The molecule has 1 rings (SSSR count). The van der Waals surface area contributed by atoms with Gasteiger partial charge in [0.05, 0.1) is 9.85 Å². The molecule has 0 atom stereocenters. The molecule has 1 aromatic carbocycles. The van der Waals surface area contributed by atoms with E-state index < -0.39 is 21.2 Å². The molecule has 0 unspecified atom stereocenters. The Labute approximate surface area is 80.9 Å². The number of hydrogen-bond donors (Lipinski definition) is 0. The zero-order chi connectivity index (χ0) is 9.14. The number of nitro benzene ring substituents is 2. The van der Waals surface area contributed by atoms with Gasteiger partial charge in [-0.2, -0.15) is 0 Å². The van der Waals surface area contributed by atoms with Gasteiger partial charge in [-0.25, -0.2) is 0 Å². The van der Waals surface area contributed by atoms with Crippen LogP contribution in [0.4, 0.5) is 25.5 Å². The quantitative estimate of drug-likeness (QED) is 0.571. The summed E-state index contributed by atoms with van der Waals surface area (Å²) in [6.45, 7) is 0. The van der Waals surface area contributed by atoms with Crippen molar-refractivity contribution in [3.8, 4) is 0 Å². The molecule has 0 radical (unpaired) electrons. The third-order valence-electron chi connectivity index (χ3n) is 1.28. The Bertz CT molecular complexity index is 314. The van der Waals surface area contributed by atoms with Crippen molar-refractivity contribution in [2.45, 2.75) is 0 Å².